The molecule has 22 nitrogen and oxygen atoms in total. The molecule has 436 valence electrons. The molecule has 0 spiro atoms. The number of hydrogen-bond donors (Lipinski definition) is 14. The van der Waals surface area contributed by atoms with Gasteiger partial charge in [0.2, 0.25) is 0 Å². The average Bonchev–Trinajstić information content (AvgIpc) is 3.47. The van der Waals surface area contributed by atoms with Crippen molar-refractivity contribution in [3.63, 3.8) is 0 Å². The zero-order chi connectivity index (χ0) is 55.6. The molecule has 29 atom stereocenters. The molecule has 0 aromatic rings. The summed E-state index contributed by atoms with van der Waals surface area (Å²) in [5, 5.41) is 154. The van der Waals surface area contributed by atoms with E-state index < -0.39 is 159 Å². The van der Waals surface area contributed by atoms with Crippen molar-refractivity contribution in [2.24, 2.45) is 44.3 Å². The van der Waals surface area contributed by atoms with Crippen LogP contribution in [0.3, 0.4) is 0 Å². The molecule has 14 N–H and O–H groups in total. The largest absolute Gasteiger partial charge is 0.396 e. The van der Waals surface area contributed by atoms with Gasteiger partial charge >= 0.3 is 0 Å². The van der Waals surface area contributed by atoms with Gasteiger partial charge in [-0.25, -0.2) is 0 Å². The van der Waals surface area contributed by atoms with Crippen molar-refractivity contribution >= 4 is 0 Å². The van der Waals surface area contributed by atoms with Gasteiger partial charge in [0.15, 0.2) is 25.2 Å². The minimum Gasteiger partial charge on any atom is -0.396 e. The summed E-state index contributed by atoms with van der Waals surface area (Å²) in [6, 6.07) is 0. The summed E-state index contributed by atoms with van der Waals surface area (Å²) in [6.07, 6.45) is -24.3. The predicted octanol–water partition coefficient (Wildman–Crippen LogP) is -1.64. The maximum atomic E-state index is 11.9. The summed E-state index contributed by atoms with van der Waals surface area (Å²) < 4.78 is 49.2. The lowest BCUT2D eigenvalue weighted by Gasteiger charge is -2.70. The zero-order valence-corrected chi connectivity index (χ0v) is 45.0. The van der Waals surface area contributed by atoms with Gasteiger partial charge in [-0.15, -0.1) is 0 Å². The average molecular weight is 1090 g/mol. The van der Waals surface area contributed by atoms with Crippen LogP contribution in [-0.4, -0.2) is 233 Å². The molecule has 9 rings (SSSR count). The fourth-order valence-corrected chi connectivity index (χ4v) is 15.9. The van der Waals surface area contributed by atoms with Gasteiger partial charge < -0.3 is 109 Å². The third-order valence-corrected chi connectivity index (χ3v) is 21.2. The van der Waals surface area contributed by atoms with E-state index >= 15 is 0 Å². The van der Waals surface area contributed by atoms with Crippen LogP contribution in [0.25, 0.3) is 0 Å². The van der Waals surface area contributed by atoms with E-state index in [2.05, 4.69) is 46.8 Å². The van der Waals surface area contributed by atoms with Crippen LogP contribution in [0.5, 0.6) is 0 Å². The number of aliphatic hydroxyl groups excluding tert-OH is 14. The lowest BCUT2D eigenvalue weighted by molar-refractivity contribution is -0.402. The highest BCUT2D eigenvalue weighted by Gasteiger charge is 2.69. The lowest BCUT2D eigenvalue weighted by atomic mass is 9.35. The molecular formula is C54H88O22. The Morgan fingerprint density at radius 3 is 1.74 bits per heavy atom. The Morgan fingerprint density at radius 2 is 1.11 bits per heavy atom. The van der Waals surface area contributed by atoms with Crippen LogP contribution in [0.4, 0.5) is 0 Å². The second-order valence-corrected chi connectivity index (χ2v) is 25.8. The Bertz CT molecular complexity index is 2110. The first-order chi connectivity index (χ1) is 35.6. The minimum absolute atomic E-state index is 0.0225. The molecule has 0 unspecified atom stereocenters. The van der Waals surface area contributed by atoms with E-state index in [1.54, 1.807) is 0 Å². The van der Waals surface area contributed by atoms with Crippen LogP contribution in [0.1, 0.15) is 107 Å². The van der Waals surface area contributed by atoms with E-state index in [1.807, 2.05) is 6.92 Å². The smallest absolute Gasteiger partial charge is 0.187 e. The van der Waals surface area contributed by atoms with Crippen LogP contribution in [0.15, 0.2) is 23.3 Å². The number of rotatable bonds is 12. The molecule has 0 aromatic heterocycles. The predicted molar refractivity (Wildman–Crippen MR) is 263 cm³/mol. The van der Waals surface area contributed by atoms with Crippen LogP contribution in [-0.2, 0) is 37.9 Å². The Balaban J connectivity index is 1.01. The monoisotopic (exact) mass is 1090 g/mol. The Hall–Kier alpha value is -1.40. The van der Waals surface area contributed by atoms with Crippen LogP contribution in [0.2, 0.25) is 0 Å². The van der Waals surface area contributed by atoms with Gasteiger partial charge in [0.1, 0.15) is 85.5 Å². The van der Waals surface area contributed by atoms with Crippen LogP contribution < -0.4 is 0 Å². The standard InChI is InChI=1S/C54H88O22/c1-23-33(60)36(63)39(66)45(69-23)74-42-28(20-56)72-47(41(68)38(42)65)75-43-34(61)24(2)70-48(44(43)76-46-40(67)37(64)35(62)27(19-55)71-46)73-32-12-13-50(5)29(51(32,6)21-57)11-14-53(8)30(50)10-9-25-26-17-49(3,4)31(59)18-54(26,22-58)16-15-52(25,53)7/h9-10,23-24,27-48,55-68H,11-22H2,1-8H3/t23-,24-,27-,28-,29+,30-,31-,32+,33+,34+,35-,36-,37+,38-,39-,40-,41-,42-,43+,44-,45-,46+,47+,48+,50+,51+,52-,53-,54+/m1/s1. The first-order valence-electron chi connectivity index (χ1n) is 27.5. The molecule has 3 saturated carbocycles. The van der Waals surface area contributed by atoms with Crippen molar-refractivity contribution in [3.05, 3.63) is 23.3 Å². The number of ether oxygens (including phenoxy) is 8. The number of fused-ring (bicyclic) bond motifs is 6. The molecule has 0 amide bonds. The summed E-state index contributed by atoms with van der Waals surface area (Å²) in [5.74, 6) is -0.0515. The fourth-order valence-electron chi connectivity index (χ4n) is 15.9. The minimum atomic E-state index is -2.01. The number of allylic oxidation sites excluding steroid dienone is 3. The summed E-state index contributed by atoms with van der Waals surface area (Å²) in [5.41, 5.74) is -0.0723. The first kappa shape index (κ1) is 59.2. The van der Waals surface area contributed by atoms with E-state index in [1.165, 1.54) is 25.0 Å². The van der Waals surface area contributed by atoms with Crippen molar-refractivity contribution in [3.8, 4) is 0 Å². The second kappa shape index (κ2) is 21.4. The third-order valence-electron chi connectivity index (χ3n) is 21.2. The molecule has 5 aliphatic carbocycles. The molecule has 22 heteroatoms. The summed E-state index contributed by atoms with van der Waals surface area (Å²) in [6.45, 7) is 14.2. The van der Waals surface area contributed by atoms with Gasteiger partial charge in [-0.2, -0.15) is 0 Å². The van der Waals surface area contributed by atoms with E-state index in [4.69, 9.17) is 37.9 Å². The molecule has 0 bridgehead atoms. The zero-order valence-electron chi connectivity index (χ0n) is 45.0. The normalized spacial score (nSPS) is 55.3. The third kappa shape index (κ3) is 9.34. The first-order valence-corrected chi connectivity index (χ1v) is 27.5. The van der Waals surface area contributed by atoms with Crippen molar-refractivity contribution in [1.82, 2.24) is 0 Å². The molecular weight excluding hydrogens is 1000 g/mol. The molecule has 7 fully saturated rings. The maximum Gasteiger partial charge on any atom is 0.187 e. The molecule has 76 heavy (non-hydrogen) atoms. The molecule has 4 heterocycles. The van der Waals surface area contributed by atoms with Gasteiger partial charge in [-0.1, -0.05) is 59.3 Å². The molecule has 0 radical (unpaired) electrons. The quantitative estimate of drug-likeness (QED) is 0.0975. The van der Waals surface area contributed by atoms with E-state index in [-0.39, 0.29) is 46.7 Å². The van der Waals surface area contributed by atoms with E-state index in [0.29, 0.717) is 25.7 Å². The van der Waals surface area contributed by atoms with E-state index in [9.17, 15) is 71.5 Å². The highest BCUT2D eigenvalue weighted by atomic mass is 16.8. The highest BCUT2D eigenvalue weighted by Crippen LogP contribution is 2.74. The summed E-state index contributed by atoms with van der Waals surface area (Å²) >= 11 is 0. The van der Waals surface area contributed by atoms with Crippen molar-refractivity contribution in [1.29, 1.82) is 0 Å². The second-order valence-electron chi connectivity index (χ2n) is 25.8. The topological polar surface area (TPSA) is 357 Å². The van der Waals surface area contributed by atoms with Crippen molar-refractivity contribution in [2.45, 2.75) is 242 Å². The van der Waals surface area contributed by atoms with Crippen LogP contribution in [0, 0.1) is 44.3 Å². The highest BCUT2D eigenvalue weighted by molar-refractivity contribution is 5.46. The summed E-state index contributed by atoms with van der Waals surface area (Å²) in [4.78, 5) is 0. The van der Waals surface area contributed by atoms with Gasteiger partial charge in [-0.3, -0.25) is 0 Å². The molecule has 0 aromatic carbocycles. The Morgan fingerprint density at radius 1 is 0.539 bits per heavy atom. The summed E-state index contributed by atoms with van der Waals surface area (Å²) in [7, 11) is 0. The van der Waals surface area contributed by atoms with Gasteiger partial charge in [0, 0.05) is 10.8 Å². The maximum absolute atomic E-state index is 11.9. The number of aliphatic hydroxyl groups is 14. The van der Waals surface area contributed by atoms with Gasteiger partial charge in [-0.05, 0) is 104 Å². The molecule has 4 aliphatic heterocycles. The van der Waals surface area contributed by atoms with Gasteiger partial charge in [0.05, 0.1) is 50.8 Å². The molecule has 9 aliphatic rings. The Labute approximate surface area is 444 Å². The van der Waals surface area contributed by atoms with Crippen molar-refractivity contribution in [2.75, 3.05) is 26.4 Å². The van der Waals surface area contributed by atoms with Gasteiger partial charge in [0.25, 0.3) is 0 Å². The SMILES string of the molecule is C[C@H]1O[C@H](O[C@H]2[C@H](O)[C@@H](O)[C@H](O[C@H]3[C@@H](O)[C@@H](C)O[C@@H](O[C@H]4CC[C@@]5(C)[C@H](CC[C@]6(C)[C@@H]5C=CC5=C7CC(C)(C)[C@H](O)C[C@]7(CO)CC[C@]56C)[C@]4(C)CO)[C@@H]3O[C@@H]3O[C@H](CO)[C@@H](O)[C@H](O)[C@H]3O)O[C@@H]2CO)[C@H](O)[C@H](O)[C@H]1O. The molecule has 4 saturated heterocycles. The van der Waals surface area contributed by atoms with E-state index in [0.717, 1.165) is 25.7 Å². The number of hydrogen-bond acceptors (Lipinski definition) is 22. The Kier molecular flexibility index (Phi) is 16.7. The van der Waals surface area contributed by atoms with Crippen LogP contribution >= 0.6 is 0 Å². The lowest BCUT2D eigenvalue weighted by Crippen LogP contribution is -2.68. The fraction of sp³-hybridized carbons (Fsp3) is 0.926. The van der Waals surface area contributed by atoms with Crippen molar-refractivity contribution < 1.29 is 109 Å².